The molecule has 0 saturated carbocycles. The molecule has 0 bridgehead atoms. The summed E-state index contributed by atoms with van der Waals surface area (Å²) in [5.41, 5.74) is 1.38. The molecule has 0 spiro atoms. The molecule has 0 amide bonds. The van der Waals surface area contributed by atoms with Gasteiger partial charge in [0.05, 0.1) is 11.2 Å². The maximum Gasteiger partial charge on any atom is 0.113 e. The molecule has 1 aromatic heterocycles. The van der Waals surface area contributed by atoms with Gasteiger partial charge >= 0.3 is 0 Å². The lowest BCUT2D eigenvalue weighted by atomic mass is 9.92. The molecule has 104 valence electrons. The Labute approximate surface area is 116 Å². The van der Waals surface area contributed by atoms with Crippen molar-refractivity contribution in [3.8, 4) is 0 Å². The zero-order valence-corrected chi connectivity index (χ0v) is 13.6. The Balaban J connectivity index is 2.84. The van der Waals surface area contributed by atoms with Gasteiger partial charge in [-0.1, -0.05) is 47.0 Å². The molecular formula is C15H28N2S. The highest BCUT2D eigenvalue weighted by molar-refractivity contribution is 7.09. The lowest BCUT2D eigenvalue weighted by Gasteiger charge is -2.27. The summed E-state index contributed by atoms with van der Waals surface area (Å²) in [6.07, 6.45) is 4.99. The lowest BCUT2D eigenvalue weighted by Crippen LogP contribution is -2.36. The van der Waals surface area contributed by atoms with Crippen molar-refractivity contribution in [1.29, 1.82) is 0 Å². The van der Waals surface area contributed by atoms with Crippen molar-refractivity contribution in [1.82, 2.24) is 10.3 Å². The molecule has 0 saturated heterocycles. The second-order valence-corrected chi connectivity index (χ2v) is 7.19. The summed E-state index contributed by atoms with van der Waals surface area (Å²) in [6, 6.07) is 0. The van der Waals surface area contributed by atoms with Gasteiger partial charge in [0.25, 0.3) is 0 Å². The highest BCUT2D eigenvalue weighted by atomic mass is 32.1. The van der Waals surface area contributed by atoms with Gasteiger partial charge in [-0.2, -0.15) is 0 Å². The number of unbranched alkanes of at least 4 members (excludes halogenated alkanes) is 2. The summed E-state index contributed by atoms with van der Waals surface area (Å²) in [5.74, 6) is 0. The number of nitrogens with one attached hydrogen (secondary N) is 1. The van der Waals surface area contributed by atoms with Gasteiger partial charge in [0.15, 0.2) is 0 Å². The van der Waals surface area contributed by atoms with E-state index >= 15 is 0 Å². The molecule has 1 unspecified atom stereocenters. The third-order valence-corrected chi connectivity index (χ3v) is 4.68. The molecule has 1 heterocycles. The van der Waals surface area contributed by atoms with Crippen LogP contribution in [0.25, 0.3) is 0 Å². The average molecular weight is 268 g/mol. The standard InChI is InChI=1S/C15H28N2S/c1-7-8-9-10-15(5,16-6)13-17-12(11-18-13)14(2,3)4/h11,16H,7-10H2,1-6H3. The van der Waals surface area contributed by atoms with Crippen LogP contribution in [0.5, 0.6) is 0 Å². The van der Waals surface area contributed by atoms with Crippen molar-refractivity contribution in [2.75, 3.05) is 7.05 Å². The topological polar surface area (TPSA) is 24.9 Å². The second kappa shape index (κ2) is 6.16. The van der Waals surface area contributed by atoms with Crippen LogP contribution in [0.15, 0.2) is 5.38 Å². The molecule has 1 N–H and O–H groups in total. The van der Waals surface area contributed by atoms with Crippen LogP contribution in [0.3, 0.4) is 0 Å². The number of rotatable bonds is 6. The van der Waals surface area contributed by atoms with E-state index < -0.39 is 0 Å². The van der Waals surface area contributed by atoms with Crippen LogP contribution < -0.4 is 5.32 Å². The minimum Gasteiger partial charge on any atom is -0.309 e. The molecule has 0 aromatic carbocycles. The van der Waals surface area contributed by atoms with E-state index in [-0.39, 0.29) is 11.0 Å². The van der Waals surface area contributed by atoms with E-state index in [1.165, 1.54) is 30.0 Å². The molecule has 0 aliphatic heterocycles. The van der Waals surface area contributed by atoms with Crippen molar-refractivity contribution < 1.29 is 0 Å². The summed E-state index contributed by atoms with van der Waals surface area (Å²) in [6.45, 7) is 11.2. The van der Waals surface area contributed by atoms with Crippen LogP contribution in [-0.2, 0) is 11.0 Å². The van der Waals surface area contributed by atoms with E-state index in [1.807, 2.05) is 7.05 Å². The van der Waals surface area contributed by atoms with Gasteiger partial charge in [-0.3, -0.25) is 0 Å². The normalized spacial score (nSPS) is 15.7. The molecule has 0 radical (unpaired) electrons. The second-order valence-electron chi connectivity index (χ2n) is 6.33. The minimum atomic E-state index is 0.0311. The van der Waals surface area contributed by atoms with Crippen molar-refractivity contribution in [2.24, 2.45) is 0 Å². The third kappa shape index (κ3) is 3.79. The van der Waals surface area contributed by atoms with Gasteiger partial charge in [0, 0.05) is 10.8 Å². The summed E-state index contributed by atoms with van der Waals surface area (Å²) >= 11 is 1.79. The van der Waals surface area contributed by atoms with Crippen LogP contribution in [0, 0.1) is 0 Å². The maximum absolute atomic E-state index is 4.86. The average Bonchev–Trinajstić information content (AvgIpc) is 2.78. The highest BCUT2D eigenvalue weighted by Crippen LogP contribution is 2.32. The fourth-order valence-electron chi connectivity index (χ4n) is 1.94. The number of aromatic nitrogens is 1. The van der Waals surface area contributed by atoms with Crippen LogP contribution >= 0.6 is 11.3 Å². The Morgan fingerprint density at radius 1 is 1.22 bits per heavy atom. The van der Waals surface area contributed by atoms with E-state index in [0.29, 0.717) is 0 Å². The number of thiazole rings is 1. The zero-order chi connectivity index (χ0) is 13.8. The van der Waals surface area contributed by atoms with Crippen LogP contribution in [0.2, 0.25) is 0 Å². The first-order valence-electron chi connectivity index (χ1n) is 6.99. The number of hydrogen-bond donors (Lipinski definition) is 1. The van der Waals surface area contributed by atoms with Crippen LogP contribution in [0.1, 0.15) is 71.0 Å². The molecule has 2 nitrogen and oxygen atoms in total. The molecule has 0 fully saturated rings. The van der Waals surface area contributed by atoms with Crippen molar-refractivity contribution in [3.63, 3.8) is 0 Å². The van der Waals surface area contributed by atoms with Crippen LogP contribution in [0.4, 0.5) is 0 Å². The van der Waals surface area contributed by atoms with Gasteiger partial charge in [0.1, 0.15) is 5.01 Å². The van der Waals surface area contributed by atoms with Gasteiger partial charge in [-0.15, -0.1) is 11.3 Å². The number of hydrogen-bond acceptors (Lipinski definition) is 3. The first kappa shape index (κ1) is 15.6. The Morgan fingerprint density at radius 3 is 2.33 bits per heavy atom. The molecule has 1 aromatic rings. The fraction of sp³-hybridized carbons (Fsp3) is 0.800. The third-order valence-electron chi connectivity index (χ3n) is 3.58. The highest BCUT2D eigenvalue weighted by Gasteiger charge is 2.29. The monoisotopic (exact) mass is 268 g/mol. The maximum atomic E-state index is 4.86. The van der Waals surface area contributed by atoms with Crippen molar-refractivity contribution in [3.05, 3.63) is 16.1 Å². The minimum absolute atomic E-state index is 0.0311. The van der Waals surface area contributed by atoms with Gasteiger partial charge in [0.2, 0.25) is 0 Å². The molecular weight excluding hydrogens is 240 g/mol. The summed E-state index contributed by atoms with van der Waals surface area (Å²) in [4.78, 5) is 4.86. The van der Waals surface area contributed by atoms with E-state index in [9.17, 15) is 0 Å². The van der Waals surface area contributed by atoms with E-state index in [4.69, 9.17) is 4.98 Å². The van der Waals surface area contributed by atoms with Gasteiger partial charge in [-0.25, -0.2) is 4.98 Å². The fourth-order valence-corrected chi connectivity index (χ4v) is 3.18. The zero-order valence-electron chi connectivity index (χ0n) is 12.8. The van der Waals surface area contributed by atoms with E-state index in [1.54, 1.807) is 11.3 Å². The summed E-state index contributed by atoms with van der Waals surface area (Å²) in [7, 11) is 2.05. The smallest absolute Gasteiger partial charge is 0.113 e. The van der Waals surface area contributed by atoms with E-state index in [2.05, 4.69) is 45.3 Å². The summed E-state index contributed by atoms with van der Waals surface area (Å²) in [5, 5.41) is 6.91. The SMILES string of the molecule is CCCCCC(C)(NC)c1nc(C(C)(C)C)cs1. The van der Waals surface area contributed by atoms with E-state index in [0.717, 1.165) is 6.42 Å². The number of nitrogens with zero attached hydrogens (tertiary/aromatic N) is 1. The largest absolute Gasteiger partial charge is 0.309 e. The lowest BCUT2D eigenvalue weighted by molar-refractivity contribution is 0.350. The predicted octanol–water partition coefficient (Wildman–Crippen LogP) is 4.46. The molecule has 18 heavy (non-hydrogen) atoms. The molecule has 1 atom stereocenters. The Hall–Kier alpha value is -0.410. The molecule has 1 rings (SSSR count). The van der Waals surface area contributed by atoms with Gasteiger partial charge < -0.3 is 5.32 Å². The van der Waals surface area contributed by atoms with Gasteiger partial charge in [-0.05, 0) is 20.4 Å². The van der Waals surface area contributed by atoms with Crippen LogP contribution in [-0.4, -0.2) is 12.0 Å². The predicted molar refractivity (Wildman–Crippen MR) is 81.4 cm³/mol. The Kier molecular flexibility index (Phi) is 5.35. The first-order valence-corrected chi connectivity index (χ1v) is 7.87. The Bertz CT molecular complexity index is 365. The molecule has 3 heteroatoms. The first-order chi connectivity index (χ1) is 8.33. The summed E-state index contributed by atoms with van der Waals surface area (Å²) < 4.78 is 0. The van der Waals surface area contributed by atoms with Crippen molar-refractivity contribution in [2.45, 2.75) is 71.3 Å². The quantitative estimate of drug-likeness (QED) is 0.771. The molecule has 0 aliphatic rings. The Morgan fingerprint density at radius 2 is 1.89 bits per heavy atom. The molecule has 0 aliphatic carbocycles. The van der Waals surface area contributed by atoms with Crippen molar-refractivity contribution >= 4 is 11.3 Å².